The van der Waals surface area contributed by atoms with Crippen LogP contribution in [0.3, 0.4) is 0 Å². The summed E-state index contributed by atoms with van der Waals surface area (Å²) in [5.41, 5.74) is 1.73. The lowest BCUT2D eigenvalue weighted by atomic mass is 10.2. The molecule has 0 aromatic heterocycles. The molecule has 0 spiro atoms. The molecule has 0 radical (unpaired) electrons. The van der Waals surface area contributed by atoms with Gasteiger partial charge in [0.15, 0.2) is 0 Å². The molecule has 0 unspecified atom stereocenters. The van der Waals surface area contributed by atoms with E-state index in [1.807, 2.05) is 6.92 Å². The summed E-state index contributed by atoms with van der Waals surface area (Å²) in [5.74, 6) is 0. The van der Waals surface area contributed by atoms with Gasteiger partial charge in [-0.25, -0.2) is 8.42 Å². The lowest BCUT2D eigenvalue weighted by Crippen LogP contribution is -2.39. The molecule has 80 valence electrons. The Morgan fingerprint density at radius 3 is 2.27 bits per heavy atom. The second-order valence-electron chi connectivity index (χ2n) is 3.71. The summed E-state index contributed by atoms with van der Waals surface area (Å²) in [6, 6.07) is 6.87. The molecular formula is C11H13NO2S. The van der Waals surface area contributed by atoms with Crippen LogP contribution in [0.1, 0.15) is 12.0 Å². The van der Waals surface area contributed by atoms with E-state index in [0.29, 0.717) is 17.1 Å². The SMILES string of the molecule is C=C1CCN1S(=O)(=O)c1ccc(C)cc1. The van der Waals surface area contributed by atoms with E-state index in [4.69, 9.17) is 0 Å². The Balaban J connectivity index is 2.37. The predicted molar refractivity (Wildman–Crippen MR) is 58.8 cm³/mol. The molecule has 1 saturated heterocycles. The molecule has 0 atom stereocenters. The molecule has 0 saturated carbocycles. The Morgan fingerprint density at radius 1 is 1.27 bits per heavy atom. The molecule has 0 N–H and O–H groups in total. The first-order valence-electron chi connectivity index (χ1n) is 4.79. The van der Waals surface area contributed by atoms with E-state index in [-0.39, 0.29) is 0 Å². The third kappa shape index (κ3) is 1.65. The van der Waals surface area contributed by atoms with E-state index >= 15 is 0 Å². The van der Waals surface area contributed by atoms with Crippen molar-refractivity contribution in [3.63, 3.8) is 0 Å². The van der Waals surface area contributed by atoms with Gasteiger partial charge >= 0.3 is 0 Å². The fourth-order valence-corrected chi connectivity index (χ4v) is 2.99. The van der Waals surface area contributed by atoms with Gasteiger partial charge in [-0.2, -0.15) is 0 Å². The molecule has 1 fully saturated rings. The molecule has 0 amide bonds. The molecule has 1 aliphatic rings. The number of nitrogens with zero attached hydrogens (tertiary/aromatic N) is 1. The summed E-state index contributed by atoms with van der Waals surface area (Å²) < 4.78 is 25.4. The van der Waals surface area contributed by atoms with E-state index in [2.05, 4.69) is 6.58 Å². The van der Waals surface area contributed by atoms with Crippen LogP contribution in [-0.4, -0.2) is 19.3 Å². The van der Waals surface area contributed by atoms with Crippen LogP contribution >= 0.6 is 0 Å². The van der Waals surface area contributed by atoms with Gasteiger partial charge < -0.3 is 0 Å². The second kappa shape index (κ2) is 3.38. The van der Waals surface area contributed by atoms with Crippen molar-refractivity contribution in [3.05, 3.63) is 42.1 Å². The van der Waals surface area contributed by atoms with Crippen molar-refractivity contribution in [1.82, 2.24) is 4.31 Å². The maximum Gasteiger partial charge on any atom is 0.264 e. The monoisotopic (exact) mass is 223 g/mol. The zero-order valence-corrected chi connectivity index (χ0v) is 9.42. The minimum Gasteiger partial charge on any atom is -0.270 e. The number of rotatable bonds is 2. The fourth-order valence-electron chi connectivity index (χ4n) is 1.49. The maximum atomic E-state index is 12.0. The van der Waals surface area contributed by atoms with Crippen molar-refractivity contribution >= 4 is 10.0 Å². The van der Waals surface area contributed by atoms with Gasteiger partial charge in [-0.3, -0.25) is 4.31 Å². The van der Waals surface area contributed by atoms with Crippen LogP contribution in [-0.2, 0) is 10.0 Å². The highest BCUT2D eigenvalue weighted by Gasteiger charge is 2.31. The molecule has 3 nitrogen and oxygen atoms in total. The Hall–Kier alpha value is -1.29. The normalized spacial score (nSPS) is 16.3. The lowest BCUT2D eigenvalue weighted by molar-refractivity contribution is 0.391. The smallest absolute Gasteiger partial charge is 0.264 e. The highest BCUT2D eigenvalue weighted by atomic mass is 32.2. The predicted octanol–water partition coefficient (Wildman–Crippen LogP) is 1.90. The zero-order chi connectivity index (χ0) is 11.1. The molecule has 0 aliphatic carbocycles. The first-order valence-corrected chi connectivity index (χ1v) is 6.23. The van der Waals surface area contributed by atoms with E-state index < -0.39 is 10.0 Å². The largest absolute Gasteiger partial charge is 0.270 e. The van der Waals surface area contributed by atoms with Crippen LogP contribution in [0.25, 0.3) is 0 Å². The third-order valence-corrected chi connectivity index (χ3v) is 4.45. The number of aryl methyl sites for hydroxylation is 1. The summed E-state index contributed by atoms with van der Waals surface area (Å²) in [5, 5.41) is 0. The van der Waals surface area contributed by atoms with Crippen molar-refractivity contribution < 1.29 is 8.42 Å². The zero-order valence-electron chi connectivity index (χ0n) is 8.60. The lowest BCUT2D eigenvalue weighted by Gasteiger charge is -2.34. The van der Waals surface area contributed by atoms with E-state index in [9.17, 15) is 8.42 Å². The van der Waals surface area contributed by atoms with Gasteiger partial charge in [0, 0.05) is 18.7 Å². The third-order valence-electron chi connectivity index (χ3n) is 2.57. The Morgan fingerprint density at radius 2 is 1.87 bits per heavy atom. The Kier molecular flexibility index (Phi) is 2.31. The van der Waals surface area contributed by atoms with Gasteiger partial charge in [-0.15, -0.1) is 0 Å². The highest BCUT2D eigenvalue weighted by molar-refractivity contribution is 7.89. The first kappa shape index (κ1) is 10.2. The molecular weight excluding hydrogens is 210 g/mol. The van der Waals surface area contributed by atoms with Gasteiger partial charge in [0.1, 0.15) is 0 Å². The topological polar surface area (TPSA) is 37.4 Å². The minimum atomic E-state index is -3.33. The van der Waals surface area contributed by atoms with Gasteiger partial charge in [0.2, 0.25) is 0 Å². The van der Waals surface area contributed by atoms with Crippen molar-refractivity contribution in [2.75, 3.05) is 6.54 Å². The number of hydrogen-bond donors (Lipinski definition) is 0. The van der Waals surface area contributed by atoms with Crippen molar-refractivity contribution in [2.45, 2.75) is 18.2 Å². The van der Waals surface area contributed by atoms with E-state index in [1.165, 1.54) is 4.31 Å². The fraction of sp³-hybridized carbons (Fsp3) is 0.273. The standard InChI is InChI=1S/C11H13NO2S/c1-9-3-5-11(6-4-9)15(13,14)12-8-7-10(12)2/h3-6H,2,7-8H2,1H3. The van der Waals surface area contributed by atoms with Crippen LogP contribution in [0.5, 0.6) is 0 Å². The van der Waals surface area contributed by atoms with Crippen LogP contribution in [0.4, 0.5) is 0 Å². The van der Waals surface area contributed by atoms with Crippen molar-refractivity contribution in [1.29, 1.82) is 0 Å². The summed E-state index contributed by atoms with van der Waals surface area (Å²) in [6.45, 7) is 6.18. The quantitative estimate of drug-likeness (QED) is 0.768. The molecule has 1 aromatic rings. The van der Waals surface area contributed by atoms with Gasteiger partial charge in [-0.05, 0) is 19.1 Å². The molecule has 4 heteroatoms. The molecule has 0 bridgehead atoms. The van der Waals surface area contributed by atoms with Crippen LogP contribution in [0.15, 0.2) is 41.4 Å². The maximum absolute atomic E-state index is 12.0. The van der Waals surface area contributed by atoms with Crippen LogP contribution in [0.2, 0.25) is 0 Å². The highest BCUT2D eigenvalue weighted by Crippen LogP contribution is 2.28. The summed E-state index contributed by atoms with van der Waals surface area (Å²) in [7, 11) is -3.33. The van der Waals surface area contributed by atoms with Crippen LogP contribution < -0.4 is 0 Å². The molecule has 1 heterocycles. The molecule has 1 aromatic carbocycles. The van der Waals surface area contributed by atoms with Crippen molar-refractivity contribution in [2.24, 2.45) is 0 Å². The minimum absolute atomic E-state index is 0.342. The van der Waals surface area contributed by atoms with Crippen molar-refractivity contribution in [3.8, 4) is 0 Å². The molecule has 2 rings (SSSR count). The van der Waals surface area contributed by atoms with E-state index in [0.717, 1.165) is 12.0 Å². The van der Waals surface area contributed by atoms with Gasteiger partial charge in [-0.1, -0.05) is 24.3 Å². The Bertz CT molecular complexity index is 488. The average Bonchev–Trinajstić information content (AvgIpc) is 2.15. The molecule has 1 aliphatic heterocycles. The summed E-state index contributed by atoms with van der Waals surface area (Å²) >= 11 is 0. The summed E-state index contributed by atoms with van der Waals surface area (Å²) in [4.78, 5) is 0.342. The Labute approximate surface area is 90.1 Å². The van der Waals surface area contributed by atoms with Gasteiger partial charge in [0.25, 0.3) is 10.0 Å². The number of sulfonamides is 1. The molecule has 15 heavy (non-hydrogen) atoms. The van der Waals surface area contributed by atoms with E-state index in [1.54, 1.807) is 24.3 Å². The second-order valence-corrected chi connectivity index (χ2v) is 5.57. The van der Waals surface area contributed by atoms with Crippen LogP contribution in [0, 0.1) is 6.92 Å². The number of benzene rings is 1. The summed E-state index contributed by atoms with van der Waals surface area (Å²) in [6.07, 6.45) is 0.769. The van der Waals surface area contributed by atoms with Gasteiger partial charge in [0.05, 0.1) is 4.90 Å². The number of hydrogen-bond acceptors (Lipinski definition) is 2. The first-order chi connectivity index (χ1) is 7.01. The average molecular weight is 223 g/mol.